The minimum Gasteiger partial charge on any atom is -0.490 e. The normalized spacial score (nSPS) is 30.9. The molecule has 260 valence electrons. The van der Waals surface area contributed by atoms with Gasteiger partial charge in [-0.3, -0.25) is 14.3 Å². The Morgan fingerprint density at radius 2 is 2.04 bits per heavy atom. The van der Waals surface area contributed by atoms with Crippen molar-refractivity contribution in [3.8, 4) is 5.75 Å². The van der Waals surface area contributed by atoms with Crippen LogP contribution in [-0.2, 0) is 35.8 Å². The zero-order chi connectivity index (χ0) is 33.9. The van der Waals surface area contributed by atoms with Gasteiger partial charge in [0.2, 0.25) is 0 Å². The molecule has 2 aromatic rings. The van der Waals surface area contributed by atoms with Crippen LogP contribution in [0.1, 0.15) is 86.7 Å². The summed E-state index contributed by atoms with van der Waals surface area (Å²) in [4.78, 5) is 28.2. The van der Waals surface area contributed by atoms with Gasteiger partial charge in [0.05, 0.1) is 47.7 Å². The van der Waals surface area contributed by atoms with E-state index in [1.165, 1.54) is 11.1 Å². The molecule has 6 atom stereocenters. The van der Waals surface area contributed by atoms with E-state index < -0.39 is 9.71 Å². The number of hydrogen-bond donors (Lipinski definition) is 1. The number of fused-ring (bicyclic) bond motifs is 4. The Balaban J connectivity index is 1.37. The Bertz CT molecular complexity index is 1640. The summed E-state index contributed by atoms with van der Waals surface area (Å²) in [6.07, 6.45) is 11.3. The summed E-state index contributed by atoms with van der Waals surface area (Å²) in [6, 6.07) is 11.8. The molecule has 0 radical (unpaired) electrons. The lowest BCUT2D eigenvalue weighted by molar-refractivity contribution is -0.145. The van der Waals surface area contributed by atoms with Crippen molar-refractivity contribution in [1.29, 1.82) is 0 Å². The number of nitrogens with zero attached hydrogens (tertiary/aromatic N) is 1. The van der Waals surface area contributed by atoms with Gasteiger partial charge in [0.1, 0.15) is 5.75 Å². The minimum atomic E-state index is -2.92. The first kappa shape index (κ1) is 34.8. The molecule has 0 saturated heterocycles. The van der Waals surface area contributed by atoms with Gasteiger partial charge >= 0.3 is 5.97 Å². The molecule has 2 aliphatic carbocycles. The molecule has 0 aromatic heterocycles. The molecular weight excluding hydrogens is 648 g/mol. The maximum atomic E-state index is 13.8. The predicted octanol–water partition coefficient (Wildman–Crippen LogP) is 6.67. The minimum absolute atomic E-state index is 0.157. The van der Waals surface area contributed by atoms with E-state index in [0.29, 0.717) is 50.6 Å². The maximum Gasteiger partial charge on any atom is 0.308 e. The summed E-state index contributed by atoms with van der Waals surface area (Å²) in [7, 11) is -2.92. The van der Waals surface area contributed by atoms with Crippen LogP contribution in [0, 0.1) is 11.8 Å². The number of nitrogens with one attached hydrogen (secondary N) is 1. The molecule has 1 N–H and O–H groups in total. The summed E-state index contributed by atoms with van der Waals surface area (Å²) in [5.41, 5.74) is 3.63. The highest BCUT2D eigenvalue weighted by Crippen LogP contribution is 2.47. The van der Waals surface area contributed by atoms with E-state index in [4.69, 9.17) is 25.8 Å². The molecule has 4 aliphatic rings. The Morgan fingerprint density at radius 1 is 1.19 bits per heavy atom. The van der Waals surface area contributed by atoms with Gasteiger partial charge < -0.3 is 19.1 Å². The lowest BCUT2D eigenvalue weighted by Gasteiger charge is -2.46. The molecule has 1 amide bonds. The largest absolute Gasteiger partial charge is 0.490 e. The van der Waals surface area contributed by atoms with Gasteiger partial charge in [-0.1, -0.05) is 36.7 Å². The van der Waals surface area contributed by atoms with Crippen LogP contribution < -0.4 is 14.4 Å². The Hall–Kier alpha value is -3.01. The van der Waals surface area contributed by atoms with Crippen LogP contribution in [0.4, 0.5) is 5.69 Å². The van der Waals surface area contributed by atoms with E-state index in [2.05, 4.69) is 39.8 Å². The van der Waals surface area contributed by atoms with Crippen LogP contribution in [0.3, 0.4) is 0 Å². The second kappa shape index (κ2) is 14.9. The monoisotopic (exact) mass is 696 g/mol. The molecule has 1 fully saturated rings. The summed E-state index contributed by atoms with van der Waals surface area (Å²) < 4.78 is 34.8. The zero-order valence-corrected chi connectivity index (χ0v) is 29.8. The van der Waals surface area contributed by atoms with Gasteiger partial charge in [0.25, 0.3) is 5.91 Å². The van der Waals surface area contributed by atoms with E-state index in [-0.39, 0.29) is 41.0 Å². The summed E-state index contributed by atoms with van der Waals surface area (Å²) in [6.45, 7) is 6.46. The molecule has 1 spiro atoms. The molecule has 2 heterocycles. The number of ether oxygens (including phenoxy) is 3. The van der Waals surface area contributed by atoms with Crippen molar-refractivity contribution in [1.82, 2.24) is 4.72 Å². The summed E-state index contributed by atoms with van der Waals surface area (Å²) in [5, 5.41) is 0.468. The summed E-state index contributed by atoms with van der Waals surface area (Å²) in [5.74, 6) is 4.72. The molecule has 8 nitrogen and oxygen atoms in total. The van der Waals surface area contributed by atoms with Crippen LogP contribution >= 0.6 is 11.6 Å². The fourth-order valence-electron chi connectivity index (χ4n) is 8.10. The van der Waals surface area contributed by atoms with Gasteiger partial charge in [-0.05, 0) is 117 Å². The van der Waals surface area contributed by atoms with Crippen LogP contribution in [0.5, 0.6) is 5.75 Å². The van der Waals surface area contributed by atoms with Crippen molar-refractivity contribution in [2.75, 3.05) is 37.8 Å². The van der Waals surface area contributed by atoms with Crippen LogP contribution in [0.25, 0.3) is 0 Å². The number of anilines is 1. The molecule has 48 heavy (non-hydrogen) atoms. The zero-order valence-electron chi connectivity index (χ0n) is 28.2. The standard InChI is InChI=1S/C38H49ClN2O6S/c1-4-30-10-6-7-11-34(46-20-18-36(42)45-5-2)31-15-12-28(31)23-41-24-38(19-8-9-26-21-29(39)14-16-32(26)38)25-47-35-17-13-27(22-33(35)41)37(43)40-48(30,3)44/h7,11,13-14,16-17,21-22,28,30-31,34H,3-6,8-10,12,15,18-20,23-25H2,1-2H3,(H,40,43,44)/b11-7+/t28-,30+,31+,34-,38-,48?/m0/s1. The maximum absolute atomic E-state index is 13.8. The van der Waals surface area contributed by atoms with Crippen molar-refractivity contribution in [2.24, 2.45) is 11.8 Å². The third-order valence-electron chi connectivity index (χ3n) is 10.8. The average Bonchev–Trinajstić information content (AvgIpc) is 3.19. The molecule has 2 aromatic carbocycles. The Labute approximate surface area is 290 Å². The fraction of sp³-hybridized carbons (Fsp3) is 0.553. The molecule has 1 unspecified atom stereocenters. The van der Waals surface area contributed by atoms with E-state index >= 15 is 0 Å². The number of halogens is 1. The SMILES string of the molecule is C=S1(=O)NC(=O)c2ccc3c(c2)N(C[C@@H]2CC[C@H]2[C@@H](OCCC(=O)OCC)/C=C/CC[C@H]1CC)C[C@@]1(CCCc2cc(Cl)ccc21)CO3. The summed E-state index contributed by atoms with van der Waals surface area (Å²) >= 11 is 6.45. The van der Waals surface area contributed by atoms with Gasteiger partial charge in [0.15, 0.2) is 0 Å². The topological polar surface area (TPSA) is 94.2 Å². The first-order valence-electron chi connectivity index (χ1n) is 17.5. The number of aryl methyl sites for hydroxylation is 1. The van der Waals surface area contributed by atoms with Crippen molar-refractivity contribution < 1.29 is 28.0 Å². The molecule has 10 heteroatoms. The van der Waals surface area contributed by atoms with E-state index in [1.54, 1.807) is 6.07 Å². The number of benzene rings is 2. The number of carbonyl (C=O) groups is 2. The number of esters is 1. The first-order valence-corrected chi connectivity index (χ1v) is 19.7. The highest BCUT2D eigenvalue weighted by atomic mass is 35.5. The second-order valence-corrected chi connectivity index (χ2v) is 16.6. The van der Waals surface area contributed by atoms with Crippen LogP contribution in [0.15, 0.2) is 48.6 Å². The van der Waals surface area contributed by atoms with Gasteiger partial charge in [-0.25, -0.2) is 4.21 Å². The predicted molar refractivity (Wildman–Crippen MR) is 193 cm³/mol. The second-order valence-electron chi connectivity index (χ2n) is 13.9. The van der Waals surface area contributed by atoms with Crippen LogP contribution in [0.2, 0.25) is 5.02 Å². The highest BCUT2D eigenvalue weighted by Gasteiger charge is 2.44. The average molecular weight is 697 g/mol. The van der Waals surface area contributed by atoms with E-state index in [9.17, 15) is 13.8 Å². The van der Waals surface area contributed by atoms with Crippen molar-refractivity contribution in [3.05, 3.63) is 70.3 Å². The van der Waals surface area contributed by atoms with E-state index in [1.807, 2.05) is 32.0 Å². The van der Waals surface area contributed by atoms with Crippen molar-refractivity contribution >= 4 is 44.7 Å². The third kappa shape index (κ3) is 7.43. The molecule has 2 aliphatic heterocycles. The fourth-order valence-corrected chi connectivity index (χ4v) is 9.95. The highest BCUT2D eigenvalue weighted by molar-refractivity contribution is 7.99. The van der Waals surface area contributed by atoms with Gasteiger partial charge in [0, 0.05) is 34.3 Å². The lowest BCUT2D eigenvalue weighted by atomic mass is 9.68. The molecule has 1 saturated carbocycles. The molecule has 2 bridgehead atoms. The quantitative estimate of drug-likeness (QED) is 0.205. The number of hydrogen-bond acceptors (Lipinski definition) is 7. The van der Waals surface area contributed by atoms with Crippen molar-refractivity contribution in [2.45, 2.75) is 88.4 Å². The Kier molecular flexibility index (Phi) is 10.8. The molecule has 6 rings (SSSR count). The number of carbonyl (C=O) groups excluding carboxylic acids is 2. The third-order valence-corrected chi connectivity index (χ3v) is 13.2. The van der Waals surface area contributed by atoms with E-state index in [0.717, 1.165) is 61.7 Å². The lowest BCUT2D eigenvalue weighted by Crippen LogP contribution is -2.49. The number of rotatable bonds is 6. The van der Waals surface area contributed by atoms with Crippen molar-refractivity contribution in [3.63, 3.8) is 0 Å². The number of allylic oxidation sites excluding steroid dienone is 1. The van der Waals surface area contributed by atoms with Gasteiger partial charge in [-0.15, -0.1) is 0 Å². The Morgan fingerprint density at radius 3 is 2.81 bits per heavy atom. The smallest absolute Gasteiger partial charge is 0.308 e. The van der Waals surface area contributed by atoms with Crippen LogP contribution in [-0.4, -0.2) is 66.2 Å². The van der Waals surface area contributed by atoms with Gasteiger partial charge in [-0.2, -0.15) is 0 Å². The number of amides is 1. The molecular formula is C38H49ClN2O6S. The first-order chi connectivity index (χ1) is 23.1.